The summed E-state index contributed by atoms with van der Waals surface area (Å²) in [5.41, 5.74) is 13.7. The Hall–Kier alpha value is -5.08. The highest BCUT2D eigenvalue weighted by Crippen LogP contribution is 2.61. The van der Waals surface area contributed by atoms with E-state index in [2.05, 4.69) is 132 Å². The highest BCUT2D eigenvalue weighted by atomic mass is 16.5. The molecule has 0 saturated carbocycles. The highest BCUT2D eigenvalue weighted by Gasteiger charge is 2.50. The molecule has 0 fully saturated rings. The van der Waals surface area contributed by atoms with E-state index in [0.29, 0.717) is 0 Å². The van der Waals surface area contributed by atoms with Crippen LogP contribution in [-0.4, -0.2) is 4.57 Å². The van der Waals surface area contributed by atoms with Crippen LogP contribution in [0.1, 0.15) is 33.4 Å². The number of aromatic nitrogens is 1. The van der Waals surface area contributed by atoms with Crippen LogP contribution in [0.25, 0.3) is 38.6 Å². The van der Waals surface area contributed by atoms with Crippen molar-refractivity contribution in [2.24, 2.45) is 0 Å². The summed E-state index contributed by atoms with van der Waals surface area (Å²) in [6, 6.07) is 46.9. The van der Waals surface area contributed by atoms with Crippen LogP contribution < -0.4 is 4.74 Å². The van der Waals surface area contributed by atoms with Crippen LogP contribution in [0.15, 0.2) is 127 Å². The van der Waals surface area contributed by atoms with Crippen LogP contribution in [-0.2, 0) is 11.8 Å². The first kappa shape index (κ1) is 20.8. The average Bonchev–Trinajstić information content (AvgIpc) is 3.54. The van der Waals surface area contributed by atoms with Crippen LogP contribution >= 0.6 is 0 Å². The fourth-order valence-corrected chi connectivity index (χ4v) is 7.95. The second-order valence-electron chi connectivity index (χ2n) is 11.3. The summed E-state index contributed by atoms with van der Waals surface area (Å²) in [5.74, 6) is 1.88. The maximum atomic E-state index is 6.80. The fourth-order valence-electron chi connectivity index (χ4n) is 7.95. The van der Waals surface area contributed by atoms with E-state index < -0.39 is 5.41 Å². The molecule has 0 amide bonds. The maximum Gasteiger partial charge on any atom is 0.132 e. The van der Waals surface area contributed by atoms with Crippen molar-refractivity contribution >= 4 is 21.8 Å². The van der Waals surface area contributed by atoms with Gasteiger partial charge < -0.3 is 9.30 Å². The SMILES string of the molecule is c1ccc2c(c1)Cc1cc3c(cc1-2)Oc1ccccc1C31c2ccccc2-n2c3ccccc3c3cccc1c32. The highest BCUT2D eigenvalue weighted by molar-refractivity contribution is 6.12. The maximum absolute atomic E-state index is 6.80. The van der Waals surface area contributed by atoms with Gasteiger partial charge in [-0.25, -0.2) is 0 Å². The molecule has 6 aromatic carbocycles. The minimum Gasteiger partial charge on any atom is -0.457 e. The molecule has 186 valence electrons. The van der Waals surface area contributed by atoms with E-state index in [1.807, 2.05) is 0 Å². The zero-order valence-corrected chi connectivity index (χ0v) is 21.7. The van der Waals surface area contributed by atoms with Crippen molar-refractivity contribution in [3.63, 3.8) is 0 Å². The van der Waals surface area contributed by atoms with Gasteiger partial charge in [-0.1, -0.05) is 97.1 Å². The number of rotatable bonds is 0. The second kappa shape index (κ2) is 7.11. The molecule has 1 spiro atoms. The van der Waals surface area contributed by atoms with E-state index in [4.69, 9.17) is 4.74 Å². The number of nitrogens with zero attached hydrogens (tertiary/aromatic N) is 1. The molecule has 1 aliphatic carbocycles. The summed E-state index contributed by atoms with van der Waals surface area (Å²) in [5, 5.41) is 2.58. The van der Waals surface area contributed by atoms with E-state index in [9.17, 15) is 0 Å². The molecule has 0 saturated heterocycles. The quantitative estimate of drug-likeness (QED) is 0.199. The van der Waals surface area contributed by atoms with E-state index in [-0.39, 0.29) is 0 Å². The van der Waals surface area contributed by atoms with Gasteiger partial charge in [0.1, 0.15) is 11.5 Å². The van der Waals surface area contributed by atoms with Crippen molar-refractivity contribution in [1.29, 1.82) is 0 Å². The molecule has 0 bridgehead atoms. The van der Waals surface area contributed by atoms with Crippen LogP contribution in [0.4, 0.5) is 0 Å². The van der Waals surface area contributed by atoms with Crippen molar-refractivity contribution in [3.05, 3.63) is 161 Å². The third-order valence-corrected chi connectivity index (χ3v) is 9.46. The van der Waals surface area contributed by atoms with E-state index in [1.54, 1.807) is 0 Å². The standard InChI is InChI=1S/C38H23NO/c1-2-11-25-23(10-1)20-24-21-32-36(22-28(24)25)40-35-19-8-5-15-30(35)38(32)29-14-4-7-18-34(29)39-33-17-6-3-12-26(33)27-13-9-16-31(38)37(27)39/h1-19,21-22H,20H2. The molecule has 3 heterocycles. The topological polar surface area (TPSA) is 14.2 Å². The molecule has 3 aliphatic rings. The zero-order valence-electron chi connectivity index (χ0n) is 21.7. The number of fused-ring (bicyclic) bond motifs is 14. The summed E-state index contributed by atoms with van der Waals surface area (Å²) < 4.78 is 9.28. The number of benzene rings is 6. The predicted molar refractivity (Wildman–Crippen MR) is 161 cm³/mol. The number of ether oxygens (including phenoxy) is 1. The van der Waals surface area contributed by atoms with Crippen molar-refractivity contribution in [2.45, 2.75) is 11.8 Å². The molecule has 7 aromatic rings. The lowest BCUT2D eigenvalue weighted by molar-refractivity contribution is 0.434. The lowest BCUT2D eigenvalue weighted by Crippen LogP contribution is -2.37. The molecule has 1 atom stereocenters. The number of hydrogen-bond acceptors (Lipinski definition) is 1. The Morgan fingerprint density at radius 1 is 0.525 bits per heavy atom. The molecule has 2 nitrogen and oxygen atoms in total. The minimum absolute atomic E-state index is 0.505. The first-order chi connectivity index (χ1) is 19.8. The van der Waals surface area contributed by atoms with Gasteiger partial charge in [-0.05, 0) is 70.1 Å². The lowest BCUT2D eigenvalue weighted by Gasteiger charge is -2.45. The summed E-state index contributed by atoms with van der Waals surface area (Å²) in [6.45, 7) is 0. The Bertz CT molecular complexity index is 2240. The summed E-state index contributed by atoms with van der Waals surface area (Å²) >= 11 is 0. The Morgan fingerprint density at radius 2 is 1.27 bits per heavy atom. The van der Waals surface area contributed by atoms with Gasteiger partial charge in [-0.15, -0.1) is 0 Å². The normalized spacial score (nSPS) is 17.2. The van der Waals surface area contributed by atoms with E-state index in [1.165, 1.54) is 72.0 Å². The number of hydrogen-bond donors (Lipinski definition) is 0. The smallest absolute Gasteiger partial charge is 0.132 e. The Kier molecular flexibility index (Phi) is 3.70. The Morgan fingerprint density at radius 3 is 2.25 bits per heavy atom. The van der Waals surface area contributed by atoms with Crippen molar-refractivity contribution < 1.29 is 4.74 Å². The molecule has 10 rings (SSSR count). The molecule has 1 aromatic heterocycles. The average molecular weight is 510 g/mol. The van der Waals surface area contributed by atoms with Gasteiger partial charge in [0.25, 0.3) is 0 Å². The molecule has 2 heteroatoms. The van der Waals surface area contributed by atoms with Crippen LogP contribution in [0.3, 0.4) is 0 Å². The Balaban J connectivity index is 1.42. The fraction of sp³-hybridized carbons (Fsp3) is 0.0526. The first-order valence-corrected chi connectivity index (χ1v) is 14.0. The molecule has 2 aliphatic heterocycles. The summed E-state index contributed by atoms with van der Waals surface area (Å²) in [4.78, 5) is 0. The first-order valence-electron chi connectivity index (χ1n) is 14.0. The third kappa shape index (κ3) is 2.29. The van der Waals surface area contributed by atoms with Gasteiger partial charge in [-0.3, -0.25) is 0 Å². The van der Waals surface area contributed by atoms with E-state index in [0.717, 1.165) is 17.9 Å². The minimum atomic E-state index is -0.505. The predicted octanol–water partition coefficient (Wildman–Crippen LogP) is 9.16. The molecule has 40 heavy (non-hydrogen) atoms. The van der Waals surface area contributed by atoms with E-state index >= 15 is 0 Å². The molecule has 0 radical (unpaired) electrons. The van der Waals surface area contributed by atoms with Gasteiger partial charge in [0.15, 0.2) is 0 Å². The molecule has 0 N–H and O–H groups in total. The summed E-state index contributed by atoms with van der Waals surface area (Å²) in [6.07, 6.45) is 0.947. The largest absolute Gasteiger partial charge is 0.457 e. The zero-order chi connectivity index (χ0) is 26.0. The molecular formula is C38H23NO. The van der Waals surface area contributed by atoms with Crippen molar-refractivity contribution in [3.8, 4) is 28.3 Å². The van der Waals surface area contributed by atoms with Crippen LogP contribution in [0.2, 0.25) is 0 Å². The monoisotopic (exact) mass is 509 g/mol. The van der Waals surface area contributed by atoms with Crippen molar-refractivity contribution in [2.75, 3.05) is 0 Å². The van der Waals surface area contributed by atoms with Gasteiger partial charge in [0, 0.05) is 21.9 Å². The third-order valence-electron chi connectivity index (χ3n) is 9.46. The summed E-state index contributed by atoms with van der Waals surface area (Å²) in [7, 11) is 0. The van der Waals surface area contributed by atoms with Gasteiger partial charge in [0.2, 0.25) is 0 Å². The lowest BCUT2D eigenvalue weighted by atomic mass is 9.61. The van der Waals surface area contributed by atoms with Crippen molar-refractivity contribution in [1.82, 2.24) is 4.57 Å². The number of para-hydroxylation sites is 4. The van der Waals surface area contributed by atoms with Gasteiger partial charge in [-0.2, -0.15) is 0 Å². The van der Waals surface area contributed by atoms with Gasteiger partial charge >= 0.3 is 0 Å². The Labute approximate surface area is 231 Å². The van der Waals surface area contributed by atoms with Crippen LogP contribution in [0, 0.1) is 0 Å². The molecule has 1 unspecified atom stereocenters. The van der Waals surface area contributed by atoms with Gasteiger partial charge in [0.05, 0.1) is 22.1 Å². The molecular weight excluding hydrogens is 486 g/mol. The second-order valence-corrected chi connectivity index (χ2v) is 11.3. The van der Waals surface area contributed by atoms with Crippen LogP contribution in [0.5, 0.6) is 11.5 Å².